The molecular weight excluding hydrogens is 156 g/mol. The van der Waals surface area contributed by atoms with Crippen LogP contribution >= 0.6 is 11.8 Å². The molecule has 1 aromatic rings. The first-order valence-corrected chi connectivity index (χ1v) is 4.73. The van der Waals surface area contributed by atoms with Crippen molar-refractivity contribution in [3.8, 4) is 0 Å². The second kappa shape index (κ2) is 3.35. The minimum absolute atomic E-state index is 0.326. The lowest BCUT2D eigenvalue weighted by atomic mass is 10.3. The van der Waals surface area contributed by atoms with Crippen LogP contribution in [0.1, 0.15) is 26.5 Å². The fraction of sp³-hybridized carbons (Fsp3) is 0.556. The Hall–Kier alpha value is -0.370. The monoisotopic (exact) mass is 170 g/mol. The third-order valence-corrected chi connectivity index (χ3v) is 2.52. The number of rotatable bonds is 2. The first-order valence-electron chi connectivity index (χ1n) is 3.74. The van der Waals surface area contributed by atoms with Crippen LogP contribution in [0.3, 0.4) is 0 Å². The Morgan fingerprint density at radius 2 is 2.18 bits per heavy atom. The topological polar surface area (TPSA) is 13.1 Å². The van der Waals surface area contributed by atoms with Crippen LogP contribution in [-0.4, -0.2) is 4.75 Å². The zero-order valence-corrected chi connectivity index (χ0v) is 8.07. The summed E-state index contributed by atoms with van der Waals surface area (Å²) in [6, 6.07) is 3.94. The highest BCUT2D eigenvalue weighted by molar-refractivity contribution is 7.99. The Kier molecular flexibility index (Phi) is 2.66. The molecule has 62 valence electrons. The maximum Gasteiger partial charge on any atom is 0.113 e. The Balaban J connectivity index is 2.35. The van der Waals surface area contributed by atoms with Crippen molar-refractivity contribution in [3.05, 3.63) is 24.2 Å². The van der Waals surface area contributed by atoms with Crippen molar-refractivity contribution in [1.82, 2.24) is 0 Å². The van der Waals surface area contributed by atoms with Gasteiger partial charge in [0.15, 0.2) is 0 Å². The second-order valence-electron chi connectivity index (χ2n) is 3.48. The molecule has 0 unspecified atom stereocenters. The van der Waals surface area contributed by atoms with Gasteiger partial charge >= 0.3 is 0 Å². The van der Waals surface area contributed by atoms with Crippen LogP contribution in [0.4, 0.5) is 0 Å². The zero-order chi connectivity index (χ0) is 8.32. The van der Waals surface area contributed by atoms with E-state index in [0.29, 0.717) is 4.75 Å². The first-order chi connectivity index (χ1) is 5.08. The predicted molar refractivity (Wildman–Crippen MR) is 49.8 cm³/mol. The molecule has 0 aliphatic rings. The second-order valence-corrected chi connectivity index (χ2v) is 5.28. The molecule has 1 nitrogen and oxygen atoms in total. The van der Waals surface area contributed by atoms with Crippen LogP contribution in [0.5, 0.6) is 0 Å². The van der Waals surface area contributed by atoms with Crippen LogP contribution < -0.4 is 0 Å². The van der Waals surface area contributed by atoms with Crippen molar-refractivity contribution < 1.29 is 4.42 Å². The zero-order valence-electron chi connectivity index (χ0n) is 7.26. The van der Waals surface area contributed by atoms with E-state index >= 15 is 0 Å². The normalized spacial score (nSPS) is 11.9. The van der Waals surface area contributed by atoms with E-state index in [9.17, 15) is 0 Å². The molecule has 0 aliphatic heterocycles. The van der Waals surface area contributed by atoms with E-state index in [1.807, 2.05) is 23.9 Å². The van der Waals surface area contributed by atoms with Gasteiger partial charge in [0, 0.05) is 4.75 Å². The van der Waals surface area contributed by atoms with Gasteiger partial charge in [-0.2, -0.15) is 0 Å². The molecule has 0 aliphatic carbocycles. The van der Waals surface area contributed by atoms with E-state index in [0.717, 1.165) is 11.5 Å². The number of hydrogen-bond acceptors (Lipinski definition) is 2. The van der Waals surface area contributed by atoms with Gasteiger partial charge in [0.05, 0.1) is 12.0 Å². The van der Waals surface area contributed by atoms with E-state index in [2.05, 4.69) is 20.8 Å². The van der Waals surface area contributed by atoms with Crippen molar-refractivity contribution in [2.24, 2.45) is 0 Å². The summed E-state index contributed by atoms with van der Waals surface area (Å²) < 4.78 is 5.53. The van der Waals surface area contributed by atoms with Gasteiger partial charge < -0.3 is 4.42 Å². The highest BCUT2D eigenvalue weighted by Crippen LogP contribution is 2.26. The Morgan fingerprint density at radius 3 is 2.64 bits per heavy atom. The smallest absolute Gasteiger partial charge is 0.113 e. The van der Waals surface area contributed by atoms with Gasteiger partial charge in [-0.1, -0.05) is 20.8 Å². The molecule has 0 spiro atoms. The molecule has 0 aromatic carbocycles. The molecule has 0 atom stereocenters. The van der Waals surface area contributed by atoms with Crippen LogP contribution in [0.15, 0.2) is 22.8 Å². The van der Waals surface area contributed by atoms with Gasteiger partial charge in [-0.05, 0) is 12.1 Å². The van der Waals surface area contributed by atoms with Crippen molar-refractivity contribution in [3.63, 3.8) is 0 Å². The number of furan rings is 1. The molecule has 1 heterocycles. The van der Waals surface area contributed by atoms with E-state index in [1.54, 1.807) is 6.26 Å². The quantitative estimate of drug-likeness (QED) is 0.675. The molecule has 0 fully saturated rings. The molecule has 0 radical (unpaired) electrons. The molecule has 1 rings (SSSR count). The summed E-state index contributed by atoms with van der Waals surface area (Å²) in [4.78, 5) is 0. The third-order valence-electron chi connectivity index (χ3n) is 1.23. The van der Waals surface area contributed by atoms with Gasteiger partial charge in [0.1, 0.15) is 5.76 Å². The summed E-state index contributed by atoms with van der Waals surface area (Å²) in [7, 11) is 0. The lowest BCUT2D eigenvalue weighted by Crippen LogP contribution is -2.07. The lowest BCUT2D eigenvalue weighted by molar-refractivity contribution is 0.529. The number of hydrogen-bond donors (Lipinski definition) is 0. The SMILES string of the molecule is CC(C)(C)SCc1ccco1. The van der Waals surface area contributed by atoms with E-state index < -0.39 is 0 Å². The van der Waals surface area contributed by atoms with Gasteiger partial charge in [-0.25, -0.2) is 0 Å². The third kappa shape index (κ3) is 3.51. The molecule has 0 bridgehead atoms. The van der Waals surface area contributed by atoms with Crippen molar-refractivity contribution >= 4 is 11.8 Å². The van der Waals surface area contributed by atoms with Crippen LogP contribution in [0.25, 0.3) is 0 Å². The van der Waals surface area contributed by atoms with Crippen LogP contribution in [-0.2, 0) is 5.75 Å². The molecule has 1 aromatic heterocycles. The van der Waals surface area contributed by atoms with Gasteiger partial charge in [0.25, 0.3) is 0 Å². The highest BCUT2D eigenvalue weighted by atomic mass is 32.2. The summed E-state index contributed by atoms with van der Waals surface area (Å²) in [5.41, 5.74) is 0. The Morgan fingerprint density at radius 1 is 1.45 bits per heavy atom. The van der Waals surface area contributed by atoms with Gasteiger partial charge in [-0.15, -0.1) is 11.8 Å². The molecule has 11 heavy (non-hydrogen) atoms. The average molecular weight is 170 g/mol. The maximum absolute atomic E-state index is 5.21. The van der Waals surface area contributed by atoms with Crippen LogP contribution in [0.2, 0.25) is 0 Å². The first kappa shape index (κ1) is 8.72. The number of thioether (sulfide) groups is 1. The fourth-order valence-corrected chi connectivity index (χ4v) is 1.42. The largest absolute Gasteiger partial charge is 0.468 e. The van der Waals surface area contributed by atoms with Gasteiger partial charge in [-0.3, -0.25) is 0 Å². The molecule has 0 saturated carbocycles. The lowest BCUT2D eigenvalue weighted by Gasteiger charge is -2.15. The summed E-state index contributed by atoms with van der Waals surface area (Å²) >= 11 is 1.90. The van der Waals surface area contributed by atoms with E-state index in [1.165, 1.54) is 0 Å². The minimum Gasteiger partial charge on any atom is -0.468 e. The van der Waals surface area contributed by atoms with Crippen LogP contribution in [0, 0.1) is 0 Å². The van der Waals surface area contributed by atoms with Crippen molar-refractivity contribution in [1.29, 1.82) is 0 Å². The molecule has 2 heteroatoms. The highest BCUT2D eigenvalue weighted by Gasteiger charge is 2.10. The van der Waals surface area contributed by atoms with Crippen molar-refractivity contribution in [2.75, 3.05) is 0 Å². The maximum atomic E-state index is 5.21. The standard InChI is InChI=1S/C9H14OS/c1-9(2,3)11-7-8-5-4-6-10-8/h4-6H,7H2,1-3H3. The summed E-state index contributed by atoms with van der Waals surface area (Å²) in [5.74, 6) is 2.03. The predicted octanol–water partition coefficient (Wildman–Crippen LogP) is 3.31. The summed E-state index contributed by atoms with van der Waals surface area (Å²) in [5, 5.41) is 0. The fourth-order valence-electron chi connectivity index (χ4n) is 0.682. The van der Waals surface area contributed by atoms with Crippen molar-refractivity contribution in [2.45, 2.75) is 31.3 Å². The summed E-state index contributed by atoms with van der Waals surface area (Å²) in [6.07, 6.45) is 1.72. The Bertz CT molecular complexity index is 196. The molecular formula is C9H14OS. The average Bonchev–Trinajstić information content (AvgIpc) is 2.32. The van der Waals surface area contributed by atoms with E-state index in [4.69, 9.17) is 4.42 Å². The minimum atomic E-state index is 0.326. The molecule has 0 N–H and O–H groups in total. The summed E-state index contributed by atoms with van der Waals surface area (Å²) in [6.45, 7) is 6.63. The Labute approximate surface area is 72.2 Å². The molecule has 0 saturated heterocycles. The molecule has 0 amide bonds. The van der Waals surface area contributed by atoms with E-state index in [-0.39, 0.29) is 0 Å². The van der Waals surface area contributed by atoms with Gasteiger partial charge in [0.2, 0.25) is 0 Å².